The molecule has 0 unspecified atom stereocenters. The van der Waals surface area contributed by atoms with E-state index in [1.165, 1.54) is 38.5 Å². The number of fused-ring (bicyclic) bond motifs is 5. The predicted molar refractivity (Wildman–Crippen MR) is 107 cm³/mol. The minimum Gasteiger partial charge on any atom is -0.325 e. The summed E-state index contributed by atoms with van der Waals surface area (Å²) in [6.45, 7) is 10.3. The van der Waals surface area contributed by atoms with E-state index in [4.69, 9.17) is 0 Å². The Labute approximate surface area is 165 Å². The van der Waals surface area contributed by atoms with E-state index >= 15 is 0 Å². The molecule has 1 saturated heterocycles. The lowest BCUT2D eigenvalue weighted by atomic mass is 9.47. The van der Waals surface area contributed by atoms with E-state index in [-0.39, 0.29) is 23.4 Å². The zero-order chi connectivity index (χ0) is 19.4. The van der Waals surface area contributed by atoms with Gasteiger partial charge in [0.1, 0.15) is 0 Å². The summed E-state index contributed by atoms with van der Waals surface area (Å²) in [4.78, 5) is 29.6. The summed E-state index contributed by atoms with van der Waals surface area (Å²) in [5.41, 5.74) is 0.676. The molecule has 4 aliphatic rings. The molecule has 3 saturated carbocycles. The van der Waals surface area contributed by atoms with Gasteiger partial charge in [0.05, 0.1) is 0 Å². The van der Waals surface area contributed by atoms with Crippen molar-refractivity contribution >= 4 is 11.9 Å². The molecule has 1 heterocycles. The van der Waals surface area contributed by atoms with Crippen LogP contribution in [0, 0.1) is 28.6 Å². The van der Waals surface area contributed by atoms with Gasteiger partial charge in [-0.1, -0.05) is 20.3 Å². The van der Waals surface area contributed by atoms with E-state index in [0.29, 0.717) is 30.8 Å². The lowest BCUT2D eigenvalue weighted by Gasteiger charge is -2.61. The average Bonchev–Trinajstić information content (AvgIpc) is 3.05. The van der Waals surface area contributed by atoms with E-state index in [1.54, 1.807) is 4.90 Å². The fourth-order valence-electron chi connectivity index (χ4n) is 7.76. The fourth-order valence-corrected chi connectivity index (χ4v) is 7.76. The predicted octanol–water partition coefficient (Wildman–Crippen LogP) is 5.07. The average molecular weight is 375 g/mol. The number of imide groups is 1. The lowest BCUT2D eigenvalue weighted by molar-refractivity contribution is -0.154. The molecule has 3 amide bonds. The quantitative estimate of drug-likeness (QED) is 0.677. The van der Waals surface area contributed by atoms with E-state index in [9.17, 15) is 9.59 Å². The van der Waals surface area contributed by atoms with E-state index < -0.39 is 0 Å². The number of piperidine rings is 1. The van der Waals surface area contributed by atoms with Gasteiger partial charge >= 0.3 is 6.03 Å². The standard InChI is InChI=1S/C23H38N2O2/c1-5-24(6-2)21(27)25-19-10-9-16-17-8-7-13-22(17,3)14-11-18(16)23(19,4)15-12-20(25)26/h16-19H,5-15H2,1-4H3/t16-,17-,18-,19-,22-,23+/m0/s1. The second kappa shape index (κ2) is 6.77. The number of hydrogen-bond acceptors (Lipinski definition) is 2. The summed E-state index contributed by atoms with van der Waals surface area (Å²) in [6, 6.07) is 0.0692. The number of rotatable bonds is 2. The number of likely N-dealkylation sites (tertiary alicyclic amines) is 1. The van der Waals surface area contributed by atoms with Crippen molar-refractivity contribution in [2.24, 2.45) is 28.6 Å². The molecular weight excluding hydrogens is 336 g/mol. The van der Waals surface area contributed by atoms with E-state index in [2.05, 4.69) is 13.8 Å². The molecule has 0 spiro atoms. The smallest absolute Gasteiger partial charge is 0.325 e. The zero-order valence-electron chi connectivity index (χ0n) is 17.8. The van der Waals surface area contributed by atoms with Crippen molar-refractivity contribution < 1.29 is 9.59 Å². The van der Waals surface area contributed by atoms with Gasteiger partial charge in [0, 0.05) is 25.6 Å². The zero-order valence-corrected chi connectivity index (χ0v) is 17.8. The van der Waals surface area contributed by atoms with Gasteiger partial charge < -0.3 is 4.90 Å². The Kier molecular flexibility index (Phi) is 4.83. The minimum atomic E-state index is -0.0408. The first kappa shape index (κ1) is 19.3. The molecule has 0 aromatic rings. The van der Waals surface area contributed by atoms with Crippen LogP contribution in [-0.2, 0) is 4.79 Å². The maximum absolute atomic E-state index is 13.2. The Hall–Kier alpha value is -1.06. The first-order chi connectivity index (χ1) is 12.9. The molecule has 0 N–H and O–H groups in total. The van der Waals surface area contributed by atoms with Gasteiger partial charge in [-0.15, -0.1) is 0 Å². The van der Waals surface area contributed by atoms with Crippen molar-refractivity contribution in [1.82, 2.24) is 9.80 Å². The Morgan fingerprint density at radius 3 is 2.48 bits per heavy atom. The van der Waals surface area contributed by atoms with Crippen molar-refractivity contribution in [1.29, 1.82) is 0 Å². The third kappa shape index (κ3) is 2.76. The fraction of sp³-hybridized carbons (Fsp3) is 0.913. The van der Waals surface area contributed by atoms with Crippen LogP contribution in [0.15, 0.2) is 0 Å². The van der Waals surface area contributed by atoms with Crippen LogP contribution in [0.25, 0.3) is 0 Å². The number of urea groups is 1. The summed E-state index contributed by atoms with van der Waals surface area (Å²) >= 11 is 0. The van der Waals surface area contributed by atoms with Gasteiger partial charge in [-0.25, -0.2) is 4.79 Å². The summed E-state index contributed by atoms with van der Waals surface area (Å²) in [5, 5.41) is 0. The van der Waals surface area contributed by atoms with Crippen molar-refractivity contribution in [3.8, 4) is 0 Å². The minimum absolute atomic E-state index is 0.0408. The second-order valence-electron chi connectivity index (χ2n) is 10.3. The molecule has 4 nitrogen and oxygen atoms in total. The summed E-state index contributed by atoms with van der Waals surface area (Å²) in [5.74, 6) is 2.44. The molecule has 152 valence electrons. The first-order valence-electron chi connectivity index (χ1n) is 11.5. The highest BCUT2D eigenvalue weighted by Gasteiger charge is 2.60. The number of amides is 3. The second-order valence-corrected chi connectivity index (χ2v) is 10.3. The highest BCUT2D eigenvalue weighted by molar-refractivity contribution is 5.95. The van der Waals surface area contributed by atoms with E-state index in [1.807, 2.05) is 18.7 Å². The number of carbonyl (C=O) groups is 2. The molecule has 4 rings (SSSR count). The number of hydrogen-bond donors (Lipinski definition) is 0. The third-order valence-electron chi connectivity index (χ3n) is 9.30. The Bertz CT molecular complexity index is 615. The molecule has 1 aliphatic heterocycles. The van der Waals surface area contributed by atoms with Crippen LogP contribution in [-0.4, -0.2) is 40.9 Å². The third-order valence-corrected chi connectivity index (χ3v) is 9.30. The van der Waals surface area contributed by atoms with Crippen LogP contribution >= 0.6 is 0 Å². The molecule has 6 atom stereocenters. The molecule has 0 bridgehead atoms. The summed E-state index contributed by atoms with van der Waals surface area (Å²) < 4.78 is 0. The van der Waals surface area contributed by atoms with Crippen LogP contribution in [0.2, 0.25) is 0 Å². The van der Waals surface area contributed by atoms with Crippen LogP contribution in [0.4, 0.5) is 4.79 Å². The lowest BCUT2D eigenvalue weighted by Crippen LogP contribution is -2.64. The maximum atomic E-state index is 13.2. The Morgan fingerprint density at radius 1 is 1.04 bits per heavy atom. The molecule has 0 radical (unpaired) electrons. The molecule has 4 fully saturated rings. The van der Waals surface area contributed by atoms with Crippen molar-refractivity contribution in [3.05, 3.63) is 0 Å². The maximum Gasteiger partial charge on any atom is 0.326 e. The Balaban J connectivity index is 1.63. The van der Waals surface area contributed by atoms with Crippen LogP contribution in [0.3, 0.4) is 0 Å². The monoisotopic (exact) mass is 374 g/mol. The molecule has 0 aromatic carbocycles. The van der Waals surface area contributed by atoms with Gasteiger partial charge in [-0.05, 0) is 87.4 Å². The largest absolute Gasteiger partial charge is 0.326 e. The van der Waals surface area contributed by atoms with Gasteiger partial charge in [-0.3, -0.25) is 9.69 Å². The molecular formula is C23H38N2O2. The molecule has 0 aromatic heterocycles. The molecule has 27 heavy (non-hydrogen) atoms. The Morgan fingerprint density at radius 2 is 1.78 bits per heavy atom. The SMILES string of the molecule is CCN(CC)C(=O)N1C(=O)CC[C@@]2(C)[C@@H]1CC[C@H]1[C@@H]3CCC[C@@]3(C)CC[C@@H]12. The van der Waals surface area contributed by atoms with Crippen LogP contribution in [0.5, 0.6) is 0 Å². The molecule has 4 heteroatoms. The first-order valence-corrected chi connectivity index (χ1v) is 11.5. The van der Waals surface area contributed by atoms with Gasteiger partial charge in [0.15, 0.2) is 0 Å². The topological polar surface area (TPSA) is 40.6 Å². The summed E-state index contributed by atoms with van der Waals surface area (Å²) in [6.07, 6.45) is 10.6. The van der Waals surface area contributed by atoms with E-state index in [0.717, 1.165) is 24.7 Å². The highest BCUT2D eigenvalue weighted by Crippen LogP contribution is 2.64. The van der Waals surface area contributed by atoms with Gasteiger partial charge in [0.2, 0.25) is 5.91 Å². The number of nitrogens with zero attached hydrogens (tertiary/aromatic N) is 2. The van der Waals surface area contributed by atoms with Crippen molar-refractivity contribution in [2.45, 2.75) is 91.5 Å². The van der Waals surface area contributed by atoms with Crippen LogP contribution < -0.4 is 0 Å². The highest BCUT2D eigenvalue weighted by atomic mass is 16.2. The summed E-state index contributed by atoms with van der Waals surface area (Å²) in [7, 11) is 0. The van der Waals surface area contributed by atoms with Crippen LogP contribution in [0.1, 0.15) is 85.5 Å². The van der Waals surface area contributed by atoms with Gasteiger partial charge in [0.25, 0.3) is 0 Å². The van der Waals surface area contributed by atoms with Crippen molar-refractivity contribution in [2.75, 3.05) is 13.1 Å². The van der Waals surface area contributed by atoms with Crippen molar-refractivity contribution in [3.63, 3.8) is 0 Å². The molecule has 3 aliphatic carbocycles. The normalized spacial score (nSPS) is 43.7. The van der Waals surface area contributed by atoms with Gasteiger partial charge in [-0.2, -0.15) is 0 Å². The number of carbonyl (C=O) groups excluding carboxylic acids is 2.